The molecule has 5 nitrogen and oxygen atoms in total. The Bertz CT molecular complexity index is 997. The van der Waals surface area contributed by atoms with Gasteiger partial charge < -0.3 is 5.32 Å². The molecule has 0 radical (unpaired) electrons. The van der Waals surface area contributed by atoms with E-state index in [-0.39, 0.29) is 5.82 Å². The van der Waals surface area contributed by atoms with Gasteiger partial charge in [0.1, 0.15) is 11.9 Å². The molecule has 0 unspecified atom stereocenters. The van der Waals surface area contributed by atoms with Gasteiger partial charge in [0.15, 0.2) is 0 Å². The van der Waals surface area contributed by atoms with Crippen LogP contribution in [0.25, 0.3) is 10.9 Å². The van der Waals surface area contributed by atoms with E-state index in [4.69, 9.17) is 0 Å². The summed E-state index contributed by atoms with van der Waals surface area (Å²) in [5.74, 6) is -0.330. The fourth-order valence-corrected chi connectivity index (χ4v) is 3.20. The largest absolute Gasteiger partial charge is 0.383 e. The number of rotatable bonds is 4. The SMILES string of the molecule is Cc1nn(C)c(C)c1CCNc1c(C#N)cnc2c(C)cc(F)cc12. The van der Waals surface area contributed by atoms with Crippen molar-refractivity contribution in [2.24, 2.45) is 7.05 Å². The van der Waals surface area contributed by atoms with Crippen LogP contribution in [0, 0.1) is 37.9 Å². The standard InChI is InChI=1S/C19H20FN5/c1-11-7-15(20)8-17-18(11)23-10-14(9-21)19(17)22-6-5-16-12(2)24-25(4)13(16)3/h7-8,10H,5-6H2,1-4H3,(H,22,23). The molecule has 0 aliphatic carbocycles. The zero-order valence-electron chi connectivity index (χ0n) is 14.8. The van der Waals surface area contributed by atoms with Crippen LogP contribution >= 0.6 is 0 Å². The van der Waals surface area contributed by atoms with E-state index >= 15 is 0 Å². The highest BCUT2D eigenvalue weighted by molar-refractivity contribution is 5.95. The topological polar surface area (TPSA) is 66.5 Å². The van der Waals surface area contributed by atoms with E-state index in [1.54, 1.807) is 0 Å². The number of nitrogens with zero attached hydrogens (tertiary/aromatic N) is 4. The summed E-state index contributed by atoms with van der Waals surface area (Å²) < 4.78 is 15.7. The Kier molecular flexibility index (Phi) is 4.41. The molecule has 0 aliphatic heterocycles. The quantitative estimate of drug-likeness (QED) is 0.790. The maximum Gasteiger partial charge on any atom is 0.124 e. The fourth-order valence-electron chi connectivity index (χ4n) is 3.20. The van der Waals surface area contributed by atoms with Gasteiger partial charge in [0.05, 0.1) is 22.5 Å². The number of nitriles is 1. The Morgan fingerprint density at radius 2 is 2.04 bits per heavy atom. The third kappa shape index (κ3) is 3.05. The molecule has 0 amide bonds. The second-order valence-electron chi connectivity index (χ2n) is 6.23. The molecule has 1 N–H and O–H groups in total. The average molecular weight is 337 g/mol. The Hall–Kier alpha value is -2.94. The van der Waals surface area contributed by atoms with Crippen molar-refractivity contribution in [2.45, 2.75) is 27.2 Å². The number of hydrogen-bond donors (Lipinski definition) is 1. The fraction of sp³-hybridized carbons (Fsp3) is 0.316. The zero-order chi connectivity index (χ0) is 18.1. The lowest BCUT2D eigenvalue weighted by atomic mass is 10.1. The number of pyridine rings is 1. The second kappa shape index (κ2) is 6.52. The molecule has 0 bridgehead atoms. The minimum Gasteiger partial charge on any atom is -0.383 e. The molecule has 3 rings (SSSR count). The van der Waals surface area contributed by atoms with Gasteiger partial charge in [0, 0.05) is 30.9 Å². The normalized spacial score (nSPS) is 10.9. The number of benzene rings is 1. The van der Waals surface area contributed by atoms with E-state index in [1.807, 2.05) is 32.5 Å². The molecule has 3 aromatic rings. The minimum absolute atomic E-state index is 0.330. The Morgan fingerprint density at radius 1 is 1.28 bits per heavy atom. The lowest BCUT2D eigenvalue weighted by Gasteiger charge is -2.13. The lowest BCUT2D eigenvalue weighted by Crippen LogP contribution is -2.09. The summed E-state index contributed by atoms with van der Waals surface area (Å²) in [4.78, 5) is 4.31. The van der Waals surface area contributed by atoms with Crippen molar-refractivity contribution in [1.82, 2.24) is 14.8 Å². The summed E-state index contributed by atoms with van der Waals surface area (Å²) in [7, 11) is 1.93. The smallest absolute Gasteiger partial charge is 0.124 e. The van der Waals surface area contributed by atoms with Crippen LogP contribution in [0.2, 0.25) is 0 Å². The minimum atomic E-state index is -0.330. The Labute approximate surface area is 146 Å². The highest BCUT2D eigenvalue weighted by Gasteiger charge is 2.13. The summed E-state index contributed by atoms with van der Waals surface area (Å²) >= 11 is 0. The molecule has 128 valence electrons. The number of fused-ring (bicyclic) bond motifs is 1. The van der Waals surface area contributed by atoms with Crippen molar-refractivity contribution in [3.63, 3.8) is 0 Å². The summed E-state index contributed by atoms with van der Waals surface area (Å²) in [5, 5.41) is 17.8. The summed E-state index contributed by atoms with van der Waals surface area (Å²) in [6.07, 6.45) is 2.31. The third-order valence-corrected chi connectivity index (χ3v) is 4.58. The van der Waals surface area contributed by atoms with Crippen LogP contribution in [-0.4, -0.2) is 21.3 Å². The summed E-state index contributed by atoms with van der Waals surface area (Å²) in [5.41, 5.74) is 5.82. The van der Waals surface area contributed by atoms with Gasteiger partial charge in [-0.05, 0) is 50.5 Å². The maximum atomic E-state index is 13.9. The van der Waals surface area contributed by atoms with Crippen LogP contribution in [-0.2, 0) is 13.5 Å². The number of nitrogens with one attached hydrogen (secondary N) is 1. The zero-order valence-corrected chi connectivity index (χ0v) is 14.8. The molecule has 0 saturated carbocycles. The van der Waals surface area contributed by atoms with Gasteiger partial charge in [0.2, 0.25) is 0 Å². The second-order valence-corrected chi connectivity index (χ2v) is 6.23. The molecule has 0 spiro atoms. The summed E-state index contributed by atoms with van der Waals surface area (Å²) in [6.45, 7) is 6.47. The van der Waals surface area contributed by atoms with Crippen molar-refractivity contribution in [3.8, 4) is 6.07 Å². The van der Waals surface area contributed by atoms with Gasteiger partial charge in [0.25, 0.3) is 0 Å². The first-order chi connectivity index (χ1) is 11.9. The predicted molar refractivity (Wildman–Crippen MR) is 96.0 cm³/mol. The van der Waals surface area contributed by atoms with Gasteiger partial charge in [-0.15, -0.1) is 0 Å². The summed E-state index contributed by atoms with van der Waals surface area (Å²) in [6, 6.07) is 5.02. The Morgan fingerprint density at radius 3 is 2.68 bits per heavy atom. The van der Waals surface area contributed by atoms with Crippen LogP contribution in [0.3, 0.4) is 0 Å². The van der Waals surface area contributed by atoms with E-state index in [0.29, 0.717) is 28.7 Å². The van der Waals surface area contributed by atoms with Crippen LogP contribution in [0.15, 0.2) is 18.3 Å². The van der Waals surface area contributed by atoms with Gasteiger partial charge in [-0.1, -0.05) is 0 Å². The van der Waals surface area contributed by atoms with Gasteiger partial charge >= 0.3 is 0 Å². The predicted octanol–water partition coefficient (Wildman–Crippen LogP) is 3.56. The molecular formula is C19H20FN5. The Balaban J connectivity index is 1.94. The number of hydrogen-bond acceptors (Lipinski definition) is 4. The van der Waals surface area contributed by atoms with Crippen molar-refractivity contribution in [3.05, 3.63) is 52.2 Å². The molecule has 0 aliphatic rings. The van der Waals surface area contributed by atoms with Crippen LogP contribution in [0.1, 0.15) is 28.1 Å². The van der Waals surface area contributed by atoms with E-state index in [1.165, 1.54) is 23.9 Å². The molecule has 2 aromatic heterocycles. The average Bonchev–Trinajstić information content (AvgIpc) is 2.81. The monoisotopic (exact) mass is 337 g/mol. The number of aromatic nitrogens is 3. The van der Waals surface area contributed by atoms with Gasteiger partial charge in [-0.3, -0.25) is 9.67 Å². The molecule has 1 aromatic carbocycles. The van der Waals surface area contributed by atoms with E-state index in [2.05, 4.69) is 21.5 Å². The third-order valence-electron chi connectivity index (χ3n) is 4.58. The van der Waals surface area contributed by atoms with Gasteiger partial charge in [-0.2, -0.15) is 10.4 Å². The molecule has 2 heterocycles. The van der Waals surface area contributed by atoms with Crippen LogP contribution in [0.4, 0.5) is 10.1 Å². The van der Waals surface area contributed by atoms with E-state index in [0.717, 1.165) is 23.4 Å². The molecular weight excluding hydrogens is 317 g/mol. The van der Waals surface area contributed by atoms with Crippen molar-refractivity contribution in [1.29, 1.82) is 5.26 Å². The van der Waals surface area contributed by atoms with Crippen molar-refractivity contribution in [2.75, 3.05) is 11.9 Å². The number of aryl methyl sites for hydroxylation is 3. The highest BCUT2D eigenvalue weighted by Crippen LogP contribution is 2.28. The van der Waals surface area contributed by atoms with Crippen LogP contribution in [0.5, 0.6) is 0 Å². The first-order valence-electron chi connectivity index (χ1n) is 8.14. The lowest BCUT2D eigenvalue weighted by molar-refractivity contribution is 0.628. The van der Waals surface area contributed by atoms with E-state index < -0.39 is 0 Å². The first-order valence-corrected chi connectivity index (χ1v) is 8.14. The first kappa shape index (κ1) is 16.9. The number of anilines is 1. The highest BCUT2D eigenvalue weighted by atomic mass is 19.1. The maximum absolute atomic E-state index is 13.9. The molecule has 0 saturated heterocycles. The number of halogens is 1. The van der Waals surface area contributed by atoms with Gasteiger partial charge in [-0.25, -0.2) is 4.39 Å². The molecule has 0 fully saturated rings. The molecule has 25 heavy (non-hydrogen) atoms. The van der Waals surface area contributed by atoms with Crippen LogP contribution < -0.4 is 5.32 Å². The van der Waals surface area contributed by atoms with E-state index in [9.17, 15) is 9.65 Å². The molecule has 6 heteroatoms. The van der Waals surface area contributed by atoms with Crippen molar-refractivity contribution < 1.29 is 4.39 Å². The van der Waals surface area contributed by atoms with Crippen molar-refractivity contribution >= 4 is 16.6 Å². The molecule has 0 atom stereocenters.